The molecule has 1 heteroatoms. The lowest BCUT2D eigenvalue weighted by Gasteiger charge is -2.30. The third kappa shape index (κ3) is 2.63. The maximum absolute atomic E-state index is 9.62. The third-order valence-electron chi connectivity index (χ3n) is 3.04. The van der Waals surface area contributed by atoms with Crippen LogP contribution in [0.2, 0.25) is 0 Å². The molecular formula is C11H20O. The van der Waals surface area contributed by atoms with Gasteiger partial charge in [0.25, 0.3) is 0 Å². The maximum atomic E-state index is 9.62. The Morgan fingerprint density at radius 3 is 2.83 bits per heavy atom. The predicted octanol–water partition coefficient (Wildman–Crippen LogP) is 2.75. The minimum atomic E-state index is -0.0476. The lowest BCUT2D eigenvalue weighted by atomic mass is 9.79. The van der Waals surface area contributed by atoms with Gasteiger partial charge in [-0.1, -0.05) is 13.0 Å². The van der Waals surface area contributed by atoms with E-state index >= 15 is 0 Å². The number of aliphatic hydroxyl groups is 1. The second kappa shape index (κ2) is 4.66. The van der Waals surface area contributed by atoms with Crippen LogP contribution in [0, 0.1) is 11.8 Å². The van der Waals surface area contributed by atoms with Crippen LogP contribution < -0.4 is 0 Å². The zero-order chi connectivity index (χ0) is 8.97. The van der Waals surface area contributed by atoms with Gasteiger partial charge in [0.15, 0.2) is 0 Å². The molecule has 1 aliphatic carbocycles. The van der Waals surface area contributed by atoms with Gasteiger partial charge in [0, 0.05) is 0 Å². The Labute approximate surface area is 75.5 Å². The first-order chi connectivity index (χ1) is 5.74. The van der Waals surface area contributed by atoms with Crippen molar-refractivity contribution >= 4 is 0 Å². The summed E-state index contributed by atoms with van der Waals surface area (Å²) in [5, 5.41) is 9.62. The molecule has 3 atom stereocenters. The molecule has 1 saturated carbocycles. The fourth-order valence-corrected chi connectivity index (χ4v) is 2.00. The molecule has 1 aliphatic rings. The highest BCUT2D eigenvalue weighted by Gasteiger charge is 2.25. The van der Waals surface area contributed by atoms with E-state index in [1.165, 1.54) is 19.3 Å². The monoisotopic (exact) mass is 168 g/mol. The van der Waals surface area contributed by atoms with Gasteiger partial charge in [0.2, 0.25) is 0 Å². The van der Waals surface area contributed by atoms with Crippen LogP contribution in [0.1, 0.15) is 39.0 Å². The second-order valence-corrected chi connectivity index (χ2v) is 4.09. The summed E-state index contributed by atoms with van der Waals surface area (Å²) in [6, 6.07) is 0. The Morgan fingerprint density at radius 2 is 2.25 bits per heavy atom. The summed E-state index contributed by atoms with van der Waals surface area (Å²) in [6.07, 6.45) is 7.75. The first kappa shape index (κ1) is 9.79. The highest BCUT2D eigenvalue weighted by Crippen LogP contribution is 2.31. The van der Waals surface area contributed by atoms with Crippen molar-refractivity contribution in [3.05, 3.63) is 12.7 Å². The Bertz CT molecular complexity index is 142. The van der Waals surface area contributed by atoms with E-state index in [0.29, 0.717) is 5.92 Å². The highest BCUT2D eigenvalue weighted by atomic mass is 16.3. The Kier molecular flexibility index (Phi) is 3.80. The van der Waals surface area contributed by atoms with Crippen LogP contribution >= 0.6 is 0 Å². The number of hydrogen-bond acceptors (Lipinski definition) is 1. The molecule has 0 saturated heterocycles. The van der Waals surface area contributed by atoms with Crippen LogP contribution in [0.4, 0.5) is 0 Å². The summed E-state index contributed by atoms with van der Waals surface area (Å²) < 4.78 is 0. The summed E-state index contributed by atoms with van der Waals surface area (Å²) in [5.41, 5.74) is 0. The van der Waals surface area contributed by atoms with Gasteiger partial charge < -0.3 is 5.11 Å². The summed E-state index contributed by atoms with van der Waals surface area (Å²) in [5.74, 6) is 1.26. The normalized spacial score (nSPS) is 36.3. The topological polar surface area (TPSA) is 20.2 Å². The van der Waals surface area contributed by atoms with E-state index in [-0.39, 0.29) is 6.10 Å². The Morgan fingerprint density at radius 1 is 1.50 bits per heavy atom. The van der Waals surface area contributed by atoms with Crippen molar-refractivity contribution in [1.82, 2.24) is 0 Å². The molecule has 0 amide bonds. The molecule has 0 aromatic carbocycles. The first-order valence-electron chi connectivity index (χ1n) is 5.03. The summed E-state index contributed by atoms with van der Waals surface area (Å²) in [7, 11) is 0. The molecule has 0 radical (unpaired) electrons. The molecule has 1 nitrogen and oxygen atoms in total. The van der Waals surface area contributed by atoms with E-state index in [1.54, 1.807) is 0 Å². The molecule has 0 aromatic rings. The number of hydrogen-bond donors (Lipinski definition) is 1. The van der Waals surface area contributed by atoms with E-state index in [1.807, 2.05) is 6.08 Å². The van der Waals surface area contributed by atoms with E-state index in [9.17, 15) is 5.11 Å². The van der Waals surface area contributed by atoms with E-state index in [4.69, 9.17) is 0 Å². The zero-order valence-electron chi connectivity index (χ0n) is 8.00. The number of allylic oxidation sites excluding steroid dienone is 1. The number of rotatable bonds is 3. The maximum Gasteiger partial charge on any atom is 0.0568 e. The van der Waals surface area contributed by atoms with Crippen LogP contribution in [-0.4, -0.2) is 11.2 Å². The zero-order valence-corrected chi connectivity index (χ0v) is 8.00. The molecule has 0 aromatic heterocycles. The van der Waals surface area contributed by atoms with E-state index < -0.39 is 0 Å². The summed E-state index contributed by atoms with van der Waals surface area (Å²) in [4.78, 5) is 0. The van der Waals surface area contributed by atoms with Crippen molar-refractivity contribution in [2.24, 2.45) is 11.8 Å². The number of aliphatic hydroxyl groups excluding tert-OH is 1. The van der Waals surface area contributed by atoms with Crippen molar-refractivity contribution in [3.8, 4) is 0 Å². The van der Waals surface area contributed by atoms with Gasteiger partial charge in [0.1, 0.15) is 0 Å². The average molecular weight is 168 g/mol. The second-order valence-electron chi connectivity index (χ2n) is 4.09. The smallest absolute Gasteiger partial charge is 0.0568 e. The van der Waals surface area contributed by atoms with Crippen LogP contribution in [-0.2, 0) is 0 Å². The van der Waals surface area contributed by atoms with Gasteiger partial charge in [-0.05, 0) is 43.9 Å². The van der Waals surface area contributed by atoms with Gasteiger partial charge in [0.05, 0.1) is 6.10 Å². The summed E-state index contributed by atoms with van der Waals surface area (Å²) in [6.45, 7) is 5.86. The lowest BCUT2D eigenvalue weighted by Crippen LogP contribution is -2.27. The Balaban J connectivity index is 2.25. The van der Waals surface area contributed by atoms with Gasteiger partial charge >= 0.3 is 0 Å². The fraction of sp³-hybridized carbons (Fsp3) is 0.818. The van der Waals surface area contributed by atoms with Gasteiger partial charge in [-0.2, -0.15) is 0 Å². The fourth-order valence-electron chi connectivity index (χ4n) is 2.00. The molecule has 1 fully saturated rings. The van der Waals surface area contributed by atoms with E-state index in [0.717, 1.165) is 18.8 Å². The molecule has 0 aliphatic heterocycles. The first-order valence-corrected chi connectivity index (χ1v) is 5.03. The lowest BCUT2D eigenvalue weighted by molar-refractivity contribution is 0.0514. The third-order valence-corrected chi connectivity index (χ3v) is 3.04. The molecule has 0 spiro atoms. The molecule has 12 heavy (non-hydrogen) atoms. The molecular weight excluding hydrogens is 148 g/mol. The molecule has 0 heterocycles. The van der Waals surface area contributed by atoms with Crippen molar-refractivity contribution in [2.45, 2.75) is 45.1 Å². The average Bonchev–Trinajstić information content (AvgIpc) is 2.07. The minimum absolute atomic E-state index is 0.0476. The van der Waals surface area contributed by atoms with Crippen LogP contribution in [0.15, 0.2) is 12.7 Å². The molecule has 1 rings (SSSR count). The largest absolute Gasteiger partial charge is 0.393 e. The molecule has 3 unspecified atom stereocenters. The molecule has 1 N–H and O–H groups in total. The van der Waals surface area contributed by atoms with Crippen molar-refractivity contribution < 1.29 is 5.11 Å². The molecule has 0 bridgehead atoms. The van der Waals surface area contributed by atoms with Crippen molar-refractivity contribution in [2.75, 3.05) is 0 Å². The SMILES string of the molecule is C=CCCC1CCC(C)C(O)C1. The highest BCUT2D eigenvalue weighted by molar-refractivity contribution is 4.79. The van der Waals surface area contributed by atoms with Crippen LogP contribution in [0.5, 0.6) is 0 Å². The molecule has 70 valence electrons. The minimum Gasteiger partial charge on any atom is -0.393 e. The van der Waals surface area contributed by atoms with Crippen molar-refractivity contribution in [1.29, 1.82) is 0 Å². The van der Waals surface area contributed by atoms with Gasteiger partial charge in [-0.25, -0.2) is 0 Å². The Hall–Kier alpha value is -0.300. The van der Waals surface area contributed by atoms with Crippen LogP contribution in [0.3, 0.4) is 0 Å². The van der Waals surface area contributed by atoms with Gasteiger partial charge in [-0.3, -0.25) is 0 Å². The van der Waals surface area contributed by atoms with Crippen LogP contribution in [0.25, 0.3) is 0 Å². The quantitative estimate of drug-likeness (QED) is 0.642. The van der Waals surface area contributed by atoms with Gasteiger partial charge in [-0.15, -0.1) is 6.58 Å². The standard InChI is InChI=1S/C11H20O/c1-3-4-5-10-7-6-9(2)11(12)8-10/h3,9-12H,1,4-8H2,2H3. The summed E-state index contributed by atoms with van der Waals surface area (Å²) >= 11 is 0. The van der Waals surface area contributed by atoms with Crippen molar-refractivity contribution in [3.63, 3.8) is 0 Å². The predicted molar refractivity (Wildman–Crippen MR) is 51.9 cm³/mol. The van der Waals surface area contributed by atoms with E-state index in [2.05, 4.69) is 13.5 Å².